The molecule has 0 bridgehead atoms. The lowest BCUT2D eigenvalue weighted by Gasteiger charge is -2.40. The lowest BCUT2D eigenvalue weighted by atomic mass is 10.1. The predicted octanol–water partition coefficient (Wildman–Crippen LogP) is -0.0265. The molecule has 0 aromatic rings. The highest BCUT2D eigenvalue weighted by molar-refractivity contribution is 5.85. The number of likely N-dealkylation sites (tertiary alicyclic amines) is 1. The summed E-state index contributed by atoms with van der Waals surface area (Å²) in [6, 6.07) is -0.291. The van der Waals surface area contributed by atoms with Crippen LogP contribution in [0, 0.1) is 0 Å². The molecule has 0 aromatic carbocycles. The second-order valence-corrected chi connectivity index (χ2v) is 6.65. The summed E-state index contributed by atoms with van der Waals surface area (Å²) in [5, 5.41) is 3.21. The first-order valence-corrected chi connectivity index (χ1v) is 8.79. The van der Waals surface area contributed by atoms with E-state index in [0.29, 0.717) is 26.3 Å². The van der Waals surface area contributed by atoms with E-state index in [-0.39, 0.29) is 48.7 Å². The van der Waals surface area contributed by atoms with Crippen LogP contribution in [0.25, 0.3) is 0 Å². The highest BCUT2D eigenvalue weighted by Crippen LogP contribution is 2.14. The van der Waals surface area contributed by atoms with E-state index >= 15 is 0 Å². The molecule has 3 saturated heterocycles. The number of carbonyl (C=O) groups excluding carboxylic acids is 2. The summed E-state index contributed by atoms with van der Waals surface area (Å²) < 4.78 is 5.37. The number of halogens is 2. The molecule has 146 valence electrons. The van der Waals surface area contributed by atoms with Gasteiger partial charge in [0, 0.05) is 45.8 Å². The minimum Gasteiger partial charge on any atom is -0.378 e. The van der Waals surface area contributed by atoms with Gasteiger partial charge < -0.3 is 19.9 Å². The maximum absolute atomic E-state index is 12.5. The normalized spacial score (nSPS) is 25.7. The predicted molar refractivity (Wildman–Crippen MR) is 101 cm³/mol. The number of nitrogens with zero attached hydrogens (tertiary/aromatic N) is 3. The zero-order valence-electron chi connectivity index (χ0n) is 14.8. The third-order valence-corrected chi connectivity index (χ3v) is 5.17. The van der Waals surface area contributed by atoms with Crippen molar-refractivity contribution in [2.45, 2.75) is 31.8 Å². The lowest BCUT2D eigenvalue weighted by Crippen LogP contribution is -2.59. The Morgan fingerprint density at radius 3 is 2.20 bits per heavy atom. The first-order valence-electron chi connectivity index (χ1n) is 8.79. The largest absolute Gasteiger partial charge is 0.378 e. The number of ether oxygens (including phenoxy) is 1. The number of morpholine rings is 1. The topological polar surface area (TPSA) is 65.1 Å². The summed E-state index contributed by atoms with van der Waals surface area (Å²) in [6.45, 7) is 8.57. The molecule has 0 spiro atoms. The standard InChI is InChI=1S/C16H28N4O3.2ClH/c1-13(15(21)19-5-2-3-6-19)18-7-9-20(10-8-18)16(22)14-12-23-11-4-17-14;;/h13-14,17H,2-12H2,1H3;2*1H. The van der Waals surface area contributed by atoms with Gasteiger partial charge in [0.1, 0.15) is 6.04 Å². The Labute approximate surface area is 162 Å². The molecule has 7 nitrogen and oxygen atoms in total. The van der Waals surface area contributed by atoms with Crippen molar-refractivity contribution in [3.05, 3.63) is 0 Å². The van der Waals surface area contributed by atoms with E-state index < -0.39 is 0 Å². The van der Waals surface area contributed by atoms with E-state index in [4.69, 9.17) is 4.74 Å². The summed E-state index contributed by atoms with van der Waals surface area (Å²) in [7, 11) is 0. The van der Waals surface area contributed by atoms with Crippen molar-refractivity contribution in [3.8, 4) is 0 Å². The van der Waals surface area contributed by atoms with Crippen molar-refractivity contribution in [1.82, 2.24) is 20.0 Å². The molecule has 3 aliphatic rings. The van der Waals surface area contributed by atoms with Crippen LogP contribution in [0.15, 0.2) is 0 Å². The third-order valence-electron chi connectivity index (χ3n) is 5.17. The molecule has 9 heteroatoms. The molecule has 1 N–H and O–H groups in total. The molecule has 3 aliphatic heterocycles. The molecular formula is C16H30Cl2N4O3. The van der Waals surface area contributed by atoms with Crippen molar-refractivity contribution in [2.24, 2.45) is 0 Å². The lowest BCUT2D eigenvalue weighted by molar-refractivity contribution is -0.140. The monoisotopic (exact) mass is 396 g/mol. The van der Waals surface area contributed by atoms with E-state index in [1.807, 2.05) is 16.7 Å². The fraction of sp³-hybridized carbons (Fsp3) is 0.875. The van der Waals surface area contributed by atoms with Gasteiger partial charge in [-0.3, -0.25) is 14.5 Å². The summed E-state index contributed by atoms with van der Waals surface area (Å²) in [5.41, 5.74) is 0. The minimum atomic E-state index is -0.209. The van der Waals surface area contributed by atoms with E-state index in [2.05, 4.69) is 10.2 Å². The average molecular weight is 397 g/mol. The first-order chi connectivity index (χ1) is 11.2. The van der Waals surface area contributed by atoms with Gasteiger partial charge in [-0.1, -0.05) is 0 Å². The van der Waals surface area contributed by atoms with Gasteiger partial charge in [0.15, 0.2) is 0 Å². The van der Waals surface area contributed by atoms with Crippen molar-refractivity contribution < 1.29 is 14.3 Å². The summed E-state index contributed by atoms with van der Waals surface area (Å²) >= 11 is 0. The van der Waals surface area contributed by atoms with Crippen molar-refractivity contribution >= 4 is 36.6 Å². The van der Waals surface area contributed by atoms with Gasteiger partial charge in [-0.25, -0.2) is 0 Å². The molecule has 25 heavy (non-hydrogen) atoms. The first kappa shape index (κ1) is 22.4. The second-order valence-electron chi connectivity index (χ2n) is 6.65. The van der Waals surface area contributed by atoms with Crippen molar-refractivity contribution in [2.75, 3.05) is 59.0 Å². The molecule has 2 amide bonds. The summed E-state index contributed by atoms with van der Waals surface area (Å²) in [6.07, 6.45) is 2.24. The molecule has 3 fully saturated rings. The van der Waals surface area contributed by atoms with Gasteiger partial charge in [-0.05, 0) is 19.8 Å². The van der Waals surface area contributed by atoms with Gasteiger partial charge in [0.25, 0.3) is 0 Å². The van der Waals surface area contributed by atoms with Gasteiger partial charge >= 0.3 is 0 Å². The van der Waals surface area contributed by atoms with E-state index in [0.717, 1.165) is 45.6 Å². The van der Waals surface area contributed by atoms with Crippen LogP contribution in [0.5, 0.6) is 0 Å². The van der Waals surface area contributed by atoms with Crippen LogP contribution in [0.4, 0.5) is 0 Å². The molecule has 0 aromatic heterocycles. The second kappa shape index (κ2) is 10.5. The average Bonchev–Trinajstić information content (AvgIpc) is 3.15. The van der Waals surface area contributed by atoms with Crippen LogP contribution in [0.2, 0.25) is 0 Å². The number of nitrogens with one attached hydrogen (secondary N) is 1. The molecular weight excluding hydrogens is 367 g/mol. The molecule has 0 saturated carbocycles. The van der Waals surface area contributed by atoms with E-state index in [9.17, 15) is 9.59 Å². The maximum atomic E-state index is 12.5. The number of carbonyl (C=O) groups is 2. The van der Waals surface area contributed by atoms with Gasteiger partial charge in [0.05, 0.1) is 19.3 Å². The zero-order chi connectivity index (χ0) is 16.2. The van der Waals surface area contributed by atoms with Crippen LogP contribution in [-0.4, -0.2) is 97.6 Å². The summed E-state index contributed by atoms with van der Waals surface area (Å²) in [4.78, 5) is 31.0. The van der Waals surface area contributed by atoms with E-state index in [1.54, 1.807) is 0 Å². The van der Waals surface area contributed by atoms with Crippen molar-refractivity contribution in [3.63, 3.8) is 0 Å². The van der Waals surface area contributed by atoms with E-state index in [1.165, 1.54) is 0 Å². The molecule has 3 heterocycles. The summed E-state index contributed by atoms with van der Waals surface area (Å²) in [5.74, 6) is 0.368. The smallest absolute Gasteiger partial charge is 0.242 e. The molecule has 2 unspecified atom stereocenters. The molecule has 0 aliphatic carbocycles. The van der Waals surface area contributed by atoms with Crippen LogP contribution in [0.1, 0.15) is 19.8 Å². The quantitative estimate of drug-likeness (QED) is 0.725. The molecule has 3 rings (SSSR count). The van der Waals surface area contributed by atoms with Crippen LogP contribution in [0.3, 0.4) is 0 Å². The highest BCUT2D eigenvalue weighted by atomic mass is 35.5. The Hall–Kier alpha value is -0.600. The maximum Gasteiger partial charge on any atom is 0.242 e. The fourth-order valence-electron chi connectivity index (χ4n) is 3.63. The Morgan fingerprint density at radius 2 is 1.64 bits per heavy atom. The van der Waals surface area contributed by atoms with Crippen LogP contribution in [-0.2, 0) is 14.3 Å². The Bertz CT molecular complexity index is 435. The van der Waals surface area contributed by atoms with Gasteiger partial charge in [-0.2, -0.15) is 0 Å². The van der Waals surface area contributed by atoms with Gasteiger partial charge in [0.2, 0.25) is 11.8 Å². The zero-order valence-corrected chi connectivity index (χ0v) is 16.4. The number of hydrogen-bond donors (Lipinski definition) is 1. The number of amides is 2. The number of rotatable bonds is 3. The number of piperazine rings is 1. The Kier molecular flexibility index (Phi) is 9.45. The molecule has 0 radical (unpaired) electrons. The Balaban J connectivity index is 0.00000156. The minimum absolute atomic E-state index is 0. The van der Waals surface area contributed by atoms with Gasteiger partial charge in [-0.15, -0.1) is 24.8 Å². The number of hydrogen-bond acceptors (Lipinski definition) is 5. The highest BCUT2D eigenvalue weighted by Gasteiger charge is 2.33. The SMILES string of the molecule is CC(C(=O)N1CCCC1)N1CCN(C(=O)C2COCCN2)CC1.Cl.Cl. The van der Waals surface area contributed by atoms with Crippen LogP contribution >= 0.6 is 24.8 Å². The third kappa shape index (κ3) is 5.44. The Morgan fingerprint density at radius 1 is 1.00 bits per heavy atom. The fourth-order valence-corrected chi connectivity index (χ4v) is 3.63. The van der Waals surface area contributed by atoms with Crippen molar-refractivity contribution in [1.29, 1.82) is 0 Å². The molecule has 2 atom stereocenters. The van der Waals surface area contributed by atoms with Crippen LogP contribution < -0.4 is 5.32 Å².